The number of phosphoric acid groups is 4. The lowest BCUT2D eigenvalue weighted by molar-refractivity contribution is -0.745. The van der Waals surface area contributed by atoms with Crippen LogP contribution in [0.25, 0.3) is 33.5 Å². The number of ether oxygens (including phenoxy) is 5. The van der Waals surface area contributed by atoms with Gasteiger partial charge < -0.3 is 75.8 Å². The molecule has 434 valence electrons. The minimum absolute atomic E-state index is 0.00709. The molecule has 9 heterocycles. The lowest BCUT2D eigenvalue weighted by Gasteiger charge is -2.26. The van der Waals surface area contributed by atoms with Crippen molar-refractivity contribution in [1.82, 2.24) is 53.6 Å². The van der Waals surface area contributed by atoms with Gasteiger partial charge in [-0.05, 0) is 6.92 Å². The van der Waals surface area contributed by atoms with Gasteiger partial charge in [0.25, 0.3) is 17.1 Å². The Morgan fingerprint density at radius 3 is 2.05 bits per heavy atom. The standard InChI is InChI=1S/C36H51N15O24P4/c1-4-66-7-14-16(71-32(21(14)52)51-13-48(2)20-29(51)45-36(39)47-31(20)56)8-69-78(61,62)75-79(63,64)74-77(59,60)67-6-5-15-24(25(65-3)34(70-15)49-11-42-18-26(37)40-10-41-27(18)49)73-76(57,58)68-9-17-22(53)23(54)33(72-17)50-12-43-19-28(50)44-35(38)46-30(19)55/h10-17,21-25,32-34,52-54H,4-9H2,1-3H3,(H11-,37,38,39,40,41,44,45,46,47,55,56,57,58,59,60,61,62,63,64)/p+1/t14-,15-,16-,17-,21-,22-,23-,24-,25-,32-,33-,34-/m1/s1. The van der Waals surface area contributed by atoms with E-state index >= 15 is 0 Å². The Kier molecular flexibility index (Phi) is 16.8. The summed E-state index contributed by atoms with van der Waals surface area (Å²) >= 11 is 0. The number of aromatic amines is 2. The van der Waals surface area contributed by atoms with Crippen molar-refractivity contribution in [3.8, 4) is 0 Å². The Morgan fingerprint density at radius 2 is 1.34 bits per heavy atom. The molecule has 4 unspecified atom stereocenters. The number of imidazole rings is 3. The van der Waals surface area contributed by atoms with Crippen LogP contribution in [0.5, 0.6) is 0 Å². The Balaban J connectivity index is 0.848. The van der Waals surface area contributed by atoms with Crippen LogP contribution in [0.15, 0.2) is 34.9 Å². The quantitative estimate of drug-likeness (QED) is 0.0224. The molecule has 0 bridgehead atoms. The van der Waals surface area contributed by atoms with Crippen molar-refractivity contribution >= 4 is 82.5 Å². The Hall–Kier alpha value is -5.15. The summed E-state index contributed by atoms with van der Waals surface area (Å²) < 4.78 is 116. The highest BCUT2D eigenvalue weighted by molar-refractivity contribution is 7.66. The van der Waals surface area contributed by atoms with E-state index in [1.807, 2.05) is 0 Å². The predicted molar refractivity (Wildman–Crippen MR) is 258 cm³/mol. The van der Waals surface area contributed by atoms with Gasteiger partial charge in [0.15, 0.2) is 41.4 Å². The first-order valence-corrected chi connectivity index (χ1v) is 29.1. The lowest BCUT2D eigenvalue weighted by atomic mass is 9.99. The maximum atomic E-state index is 13.7. The maximum Gasteiger partial charge on any atom is 0.490 e. The number of nitrogen functional groups attached to an aromatic ring is 3. The highest BCUT2D eigenvalue weighted by Gasteiger charge is 2.53. The molecule has 43 heteroatoms. The molecule has 15 N–H and O–H groups in total. The first-order valence-electron chi connectivity index (χ1n) is 23.1. The number of methoxy groups -OCH3 is 1. The third kappa shape index (κ3) is 12.2. The summed E-state index contributed by atoms with van der Waals surface area (Å²) in [5, 5.41) is 33.1. The number of rotatable bonds is 23. The van der Waals surface area contributed by atoms with Crippen LogP contribution >= 0.6 is 31.3 Å². The number of aromatic nitrogens is 12. The number of nitrogens with two attached hydrogens (primary N) is 3. The number of aryl methyl sites for hydroxylation is 1. The van der Waals surface area contributed by atoms with Gasteiger partial charge >= 0.3 is 36.9 Å². The van der Waals surface area contributed by atoms with Crippen molar-refractivity contribution in [3.05, 3.63) is 46.0 Å². The van der Waals surface area contributed by atoms with Crippen molar-refractivity contribution in [2.24, 2.45) is 13.0 Å². The van der Waals surface area contributed by atoms with E-state index in [1.54, 1.807) is 6.92 Å². The van der Waals surface area contributed by atoms with Crippen molar-refractivity contribution in [3.63, 3.8) is 0 Å². The van der Waals surface area contributed by atoms with Crippen LogP contribution in [0.3, 0.4) is 0 Å². The molecule has 0 radical (unpaired) electrons. The molecule has 9 rings (SSSR count). The molecule has 79 heavy (non-hydrogen) atoms. The van der Waals surface area contributed by atoms with Gasteiger partial charge in [-0.1, -0.05) is 4.98 Å². The summed E-state index contributed by atoms with van der Waals surface area (Å²) in [5.41, 5.74) is 16.0. The van der Waals surface area contributed by atoms with Gasteiger partial charge in [0, 0.05) is 26.1 Å². The third-order valence-electron chi connectivity index (χ3n) is 12.5. The Bertz CT molecular complexity index is 3550. The van der Waals surface area contributed by atoms with Crippen LogP contribution in [-0.2, 0) is 75.7 Å². The van der Waals surface area contributed by atoms with E-state index in [9.17, 15) is 62.7 Å². The van der Waals surface area contributed by atoms with Crippen LogP contribution in [-0.4, -0.2) is 177 Å². The molecule has 6 aromatic rings. The van der Waals surface area contributed by atoms with E-state index in [0.29, 0.717) is 0 Å². The molecule has 0 aromatic carbocycles. The van der Waals surface area contributed by atoms with Crippen LogP contribution < -0.4 is 32.9 Å². The van der Waals surface area contributed by atoms with Gasteiger partial charge in [-0.2, -0.15) is 13.6 Å². The summed E-state index contributed by atoms with van der Waals surface area (Å²) in [4.78, 5) is 96.5. The average Bonchev–Trinajstić information content (AvgIpc) is 4.33. The fourth-order valence-corrected chi connectivity index (χ4v) is 13.5. The number of aliphatic hydroxyl groups excluding tert-OH is 3. The summed E-state index contributed by atoms with van der Waals surface area (Å²) in [5.74, 6) is -1.62. The molecule has 3 aliphatic rings. The van der Waals surface area contributed by atoms with Crippen LogP contribution in [0.2, 0.25) is 0 Å². The van der Waals surface area contributed by atoms with E-state index in [0.717, 1.165) is 24.3 Å². The van der Waals surface area contributed by atoms with E-state index in [2.05, 4.69) is 48.5 Å². The summed E-state index contributed by atoms with van der Waals surface area (Å²) in [7, 11) is -20.3. The van der Waals surface area contributed by atoms with Gasteiger partial charge in [0.05, 0.1) is 58.3 Å². The number of nitrogens with one attached hydrogen (secondary N) is 2. The topological polar surface area (TPSA) is 551 Å². The molecule has 3 aliphatic heterocycles. The molecule has 0 amide bonds. The third-order valence-corrected chi connectivity index (χ3v) is 17.8. The zero-order valence-electron chi connectivity index (χ0n) is 41.0. The molecule has 3 fully saturated rings. The maximum absolute atomic E-state index is 13.7. The molecule has 16 atom stereocenters. The summed E-state index contributed by atoms with van der Waals surface area (Å²) in [6.45, 7) is -1.25. The number of hydrogen-bond acceptors (Lipinski definition) is 29. The summed E-state index contributed by atoms with van der Waals surface area (Å²) in [6, 6.07) is 0. The SMILES string of the molecule is CCOC[C@H]1[C@@H](O)[C@H]([n+]2cn(C)c3c(=O)[nH]c(N)nc32)O[C@@H]1COP(=O)(O)OP(=O)(O)OP(=O)(O)OCC[C@H]1O[C@@H](n2cnc3c(N)ncnc32)[C@H](OC)[C@@H]1OP(=O)(O)OC[C@H]1O[C@@H](n2cnc3c(=O)[nH]c(N)nc32)[C@H](O)[C@@H]1O. The van der Waals surface area contributed by atoms with E-state index in [4.69, 9.17) is 59.0 Å². The van der Waals surface area contributed by atoms with Gasteiger partial charge in [-0.3, -0.25) is 51.4 Å². The highest BCUT2D eigenvalue weighted by atomic mass is 31.3. The molecule has 0 saturated carbocycles. The predicted octanol–water partition coefficient (Wildman–Crippen LogP) is -3.03. The van der Waals surface area contributed by atoms with Crippen molar-refractivity contribution in [1.29, 1.82) is 0 Å². The molecular weight excluding hydrogens is 1150 g/mol. The minimum atomic E-state index is -6.10. The van der Waals surface area contributed by atoms with E-state index in [1.165, 1.54) is 33.4 Å². The van der Waals surface area contributed by atoms with E-state index < -0.39 is 142 Å². The molecule has 6 aromatic heterocycles. The molecular formula is C36H52N15O24P4+. The number of fused-ring (bicyclic) bond motifs is 3. The molecule has 39 nitrogen and oxygen atoms in total. The van der Waals surface area contributed by atoms with Gasteiger partial charge in [0.1, 0.15) is 48.5 Å². The monoisotopic (exact) mass is 1200 g/mol. The van der Waals surface area contributed by atoms with E-state index in [-0.39, 0.29) is 64.4 Å². The second-order valence-corrected chi connectivity index (χ2v) is 23.7. The Labute approximate surface area is 440 Å². The first-order chi connectivity index (χ1) is 37.2. The zero-order valence-corrected chi connectivity index (χ0v) is 44.6. The Morgan fingerprint density at radius 1 is 0.709 bits per heavy atom. The number of hydrogen-bond donors (Lipinski definition) is 12. The molecule has 3 saturated heterocycles. The number of anilines is 3. The van der Waals surface area contributed by atoms with Crippen LogP contribution in [0.1, 0.15) is 32.0 Å². The number of aliphatic hydroxyl groups is 3. The van der Waals surface area contributed by atoms with Gasteiger partial charge in [-0.25, -0.2) is 42.8 Å². The fourth-order valence-electron chi connectivity index (χ4n) is 9.05. The van der Waals surface area contributed by atoms with Gasteiger partial charge in [-0.15, -0.1) is 0 Å². The number of phosphoric ester groups is 3. The van der Waals surface area contributed by atoms with Crippen molar-refractivity contribution in [2.45, 2.75) is 80.9 Å². The first kappa shape index (κ1) is 58.5. The summed E-state index contributed by atoms with van der Waals surface area (Å²) in [6.07, 6.45) is -12.4. The van der Waals surface area contributed by atoms with Crippen LogP contribution in [0, 0.1) is 5.92 Å². The lowest BCUT2D eigenvalue weighted by Crippen LogP contribution is -2.45. The largest absolute Gasteiger partial charge is 0.490 e. The average molecular weight is 1200 g/mol. The normalized spacial score (nSPS) is 29.5. The number of H-pyrrole nitrogens is 2. The van der Waals surface area contributed by atoms with Gasteiger partial charge in [0.2, 0.25) is 17.7 Å². The smallest absolute Gasteiger partial charge is 0.387 e. The zero-order chi connectivity index (χ0) is 57.1. The second-order valence-electron chi connectivity index (χ2n) is 17.6. The fraction of sp³-hybridized carbons (Fsp3) is 0.583. The van der Waals surface area contributed by atoms with Crippen molar-refractivity contribution < 1.29 is 108 Å². The molecule has 0 aliphatic carbocycles. The second kappa shape index (κ2) is 22.7. The van der Waals surface area contributed by atoms with Crippen LogP contribution in [0.4, 0.5) is 17.7 Å². The number of nitrogens with zero attached hydrogens (tertiary/aromatic N) is 10. The van der Waals surface area contributed by atoms with Crippen molar-refractivity contribution in [2.75, 3.05) is 57.3 Å². The highest BCUT2D eigenvalue weighted by Crippen LogP contribution is 2.68. The minimum Gasteiger partial charge on any atom is -0.387 e. The molecule has 0 spiro atoms.